The van der Waals surface area contributed by atoms with Gasteiger partial charge in [0.25, 0.3) is 0 Å². The van der Waals surface area contributed by atoms with Crippen LogP contribution in [0.25, 0.3) is 0 Å². The average Bonchev–Trinajstić information content (AvgIpc) is 2.98. The van der Waals surface area contributed by atoms with Crippen molar-refractivity contribution < 1.29 is 9.47 Å². The van der Waals surface area contributed by atoms with Crippen LogP contribution in [0.1, 0.15) is 12.5 Å². The van der Waals surface area contributed by atoms with Gasteiger partial charge in [0.2, 0.25) is 0 Å². The second-order valence-electron chi connectivity index (χ2n) is 4.14. The molecule has 0 saturated carbocycles. The molecular weight excluding hydrogens is 404 g/mol. The first-order chi connectivity index (χ1) is 7.43. The Morgan fingerprint density at radius 3 is 2.56 bits per heavy atom. The monoisotopic (exact) mass is 412 g/mol. The quantitative estimate of drug-likeness (QED) is 0.538. The fraction of sp³-hybridized carbons (Fsp3) is 0.455. The Kier molecular flexibility index (Phi) is 3.69. The van der Waals surface area contributed by atoms with Crippen molar-refractivity contribution in [3.05, 3.63) is 25.0 Å². The van der Waals surface area contributed by atoms with Gasteiger partial charge in [0, 0.05) is 19.0 Å². The van der Waals surface area contributed by atoms with E-state index in [4.69, 9.17) is 9.47 Å². The highest BCUT2D eigenvalue weighted by molar-refractivity contribution is 9.14. The summed E-state index contributed by atoms with van der Waals surface area (Å²) in [6, 6.07) is 1.97. The minimum atomic E-state index is -0.0849. The molecule has 0 bridgehead atoms. The third-order valence-corrected chi connectivity index (χ3v) is 6.03. The van der Waals surface area contributed by atoms with E-state index < -0.39 is 0 Å². The maximum absolute atomic E-state index is 5.77. The molecule has 16 heavy (non-hydrogen) atoms. The van der Waals surface area contributed by atoms with Gasteiger partial charge in [-0.05, 0) is 67.7 Å². The van der Waals surface area contributed by atoms with Gasteiger partial charge in [-0.2, -0.15) is 0 Å². The maximum atomic E-state index is 5.77. The van der Waals surface area contributed by atoms with E-state index in [0.29, 0.717) is 6.61 Å². The zero-order valence-electron chi connectivity index (χ0n) is 8.94. The lowest BCUT2D eigenvalue weighted by Crippen LogP contribution is -2.17. The van der Waals surface area contributed by atoms with Crippen molar-refractivity contribution >= 4 is 47.8 Å². The Bertz CT molecular complexity index is 428. The van der Waals surface area contributed by atoms with Crippen LogP contribution in [-0.2, 0) is 4.74 Å². The summed E-state index contributed by atoms with van der Waals surface area (Å²) in [5.74, 6) is 0.874. The van der Waals surface area contributed by atoms with Crippen LogP contribution in [0.2, 0.25) is 0 Å². The van der Waals surface area contributed by atoms with Gasteiger partial charge in [-0.3, -0.25) is 0 Å². The van der Waals surface area contributed by atoms with Crippen LogP contribution in [0.15, 0.2) is 19.5 Å². The average molecular weight is 415 g/mol. The summed E-state index contributed by atoms with van der Waals surface area (Å²) in [5, 5.41) is 0. The van der Waals surface area contributed by atoms with Crippen LogP contribution >= 0.6 is 47.8 Å². The van der Waals surface area contributed by atoms with Gasteiger partial charge in [-0.1, -0.05) is 0 Å². The van der Waals surface area contributed by atoms with Gasteiger partial charge >= 0.3 is 0 Å². The zero-order valence-corrected chi connectivity index (χ0v) is 13.7. The van der Waals surface area contributed by atoms with Crippen LogP contribution in [0.5, 0.6) is 5.75 Å². The Morgan fingerprint density at radius 2 is 2.00 bits per heavy atom. The highest BCUT2D eigenvalue weighted by Crippen LogP contribution is 2.39. The number of epoxide rings is 1. The largest absolute Gasteiger partial charge is 0.490 e. The van der Waals surface area contributed by atoms with Gasteiger partial charge in [0.1, 0.15) is 18.0 Å². The molecule has 1 fully saturated rings. The first-order valence-corrected chi connectivity index (χ1v) is 7.22. The summed E-state index contributed by atoms with van der Waals surface area (Å²) in [6.07, 6.45) is 0. The Morgan fingerprint density at radius 1 is 1.38 bits per heavy atom. The van der Waals surface area contributed by atoms with Crippen molar-refractivity contribution in [1.82, 2.24) is 0 Å². The standard InChI is InChI=1S/C11H11Br3O2/c1-6-8(15-4-11(2)5-16-11)3-7(12)10(14)9(6)13/h3H,4-5H2,1-2H3. The number of hydrogen-bond acceptors (Lipinski definition) is 2. The lowest BCUT2D eigenvalue weighted by molar-refractivity contribution is 0.201. The normalized spacial score (nSPS) is 23.3. The van der Waals surface area contributed by atoms with Crippen molar-refractivity contribution in [2.45, 2.75) is 19.4 Å². The summed E-state index contributed by atoms with van der Waals surface area (Å²) < 4.78 is 14.1. The molecule has 1 aromatic rings. The van der Waals surface area contributed by atoms with Crippen LogP contribution in [0.4, 0.5) is 0 Å². The molecule has 0 aromatic heterocycles. The second-order valence-corrected chi connectivity index (χ2v) is 6.58. The van der Waals surface area contributed by atoms with E-state index in [1.807, 2.05) is 19.9 Å². The minimum Gasteiger partial charge on any atom is -0.490 e. The summed E-state index contributed by atoms with van der Waals surface area (Å²) in [7, 11) is 0. The number of halogens is 3. The second kappa shape index (κ2) is 4.59. The molecule has 5 heteroatoms. The number of hydrogen-bond donors (Lipinski definition) is 0. The molecule has 0 amide bonds. The third kappa shape index (κ3) is 2.63. The van der Waals surface area contributed by atoms with Gasteiger partial charge in [-0.25, -0.2) is 0 Å². The Hall–Kier alpha value is 0.420. The molecule has 1 atom stereocenters. The first-order valence-electron chi connectivity index (χ1n) is 4.84. The van der Waals surface area contributed by atoms with Crippen molar-refractivity contribution in [3.63, 3.8) is 0 Å². The van der Waals surface area contributed by atoms with Crippen LogP contribution < -0.4 is 4.74 Å². The van der Waals surface area contributed by atoms with Gasteiger partial charge < -0.3 is 9.47 Å². The first kappa shape index (κ1) is 12.9. The molecule has 0 spiro atoms. The lowest BCUT2D eigenvalue weighted by atomic mass is 10.2. The van der Waals surface area contributed by atoms with Crippen LogP contribution in [-0.4, -0.2) is 18.8 Å². The molecule has 1 aliphatic heterocycles. The smallest absolute Gasteiger partial charge is 0.124 e. The molecule has 1 aliphatic rings. The molecule has 0 aliphatic carbocycles. The molecule has 0 N–H and O–H groups in total. The van der Waals surface area contributed by atoms with Crippen molar-refractivity contribution in [1.29, 1.82) is 0 Å². The Balaban J connectivity index is 2.20. The van der Waals surface area contributed by atoms with Gasteiger partial charge in [0.05, 0.1) is 6.61 Å². The van der Waals surface area contributed by atoms with Gasteiger partial charge in [0.15, 0.2) is 0 Å². The van der Waals surface area contributed by atoms with E-state index in [1.165, 1.54) is 0 Å². The fourth-order valence-corrected chi connectivity index (χ4v) is 2.74. The molecular formula is C11H11Br3O2. The van der Waals surface area contributed by atoms with Crippen LogP contribution in [0, 0.1) is 6.92 Å². The summed E-state index contributed by atoms with van der Waals surface area (Å²) in [5.41, 5.74) is 0.998. The van der Waals surface area contributed by atoms with Crippen molar-refractivity contribution in [2.75, 3.05) is 13.2 Å². The molecule has 0 radical (unpaired) electrons. The maximum Gasteiger partial charge on any atom is 0.124 e. The SMILES string of the molecule is Cc1c(OCC2(C)CO2)cc(Br)c(Br)c1Br. The molecule has 2 nitrogen and oxygen atoms in total. The molecule has 1 heterocycles. The molecule has 1 saturated heterocycles. The highest BCUT2D eigenvalue weighted by Gasteiger charge is 2.40. The van der Waals surface area contributed by atoms with Gasteiger partial charge in [-0.15, -0.1) is 0 Å². The topological polar surface area (TPSA) is 21.8 Å². The van der Waals surface area contributed by atoms with E-state index in [1.54, 1.807) is 0 Å². The van der Waals surface area contributed by atoms with Crippen molar-refractivity contribution in [3.8, 4) is 5.75 Å². The third-order valence-electron chi connectivity index (χ3n) is 2.53. The number of benzene rings is 1. The molecule has 1 aromatic carbocycles. The molecule has 2 rings (SSSR count). The minimum absolute atomic E-state index is 0.0849. The number of rotatable bonds is 3. The fourth-order valence-electron chi connectivity index (χ4n) is 1.25. The van der Waals surface area contributed by atoms with E-state index in [2.05, 4.69) is 47.8 Å². The van der Waals surface area contributed by atoms with Crippen LogP contribution in [0.3, 0.4) is 0 Å². The Labute approximate surface area is 120 Å². The van der Waals surface area contributed by atoms with E-state index in [9.17, 15) is 0 Å². The van der Waals surface area contributed by atoms with E-state index in [-0.39, 0.29) is 5.60 Å². The zero-order chi connectivity index (χ0) is 11.9. The van der Waals surface area contributed by atoms with Crippen molar-refractivity contribution in [2.24, 2.45) is 0 Å². The van der Waals surface area contributed by atoms with E-state index in [0.717, 1.165) is 31.3 Å². The van der Waals surface area contributed by atoms with E-state index >= 15 is 0 Å². The highest BCUT2D eigenvalue weighted by atomic mass is 79.9. The number of ether oxygens (including phenoxy) is 2. The summed E-state index contributed by atoms with van der Waals surface area (Å²) in [6.45, 7) is 5.44. The molecule has 1 unspecified atom stereocenters. The summed E-state index contributed by atoms with van der Waals surface area (Å²) in [4.78, 5) is 0. The molecule has 88 valence electrons. The lowest BCUT2D eigenvalue weighted by Gasteiger charge is -2.14. The predicted molar refractivity (Wildman–Crippen MR) is 74.1 cm³/mol. The predicted octanol–water partition coefficient (Wildman–Crippen LogP) is 4.45. The summed E-state index contributed by atoms with van der Waals surface area (Å²) >= 11 is 10.5.